The second kappa shape index (κ2) is 10.7. The first-order valence-corrected chi connectivity index (χ1v) is 14.2. The molecule has 216 valence electrons. The number of hydrogen-bond acceptors (Lipinski definition) is 8. The van der Waals surface area contributed by atoms with E-state index in [0.717, 1.165) is 43.5 Å². The Balaban J connectivity index is 1.01. The summed E-state index contributed by atoms with van der Waals surface area (Å²) < 4.78 is 15.7. The fraction of sp³-hybridized carbons (Fsp3) is 0.467. The van der Waals surface area contributed by atoms with Gasteiger partial charge in [-0.15, -0.1) is 0 Å². The molecule has 1 aromatic carbocycles. The van der Waals surface area contributed by atoms with E-state index < -0.39 is 5.60 Å². The van der Waals surface area contributed by atoms with E-state index in [0.29, 0.717) is 41.9 Å². The van der Waals surface area contributed by atoms with Crippen LogP contribution in [0.15, 0.2) is 49.2 Å². The molecule has 3 aromatic heterocycles. The number of fused-ring (bicyclic) bond motifs is 1. The summed E-state index contributed by atoms with van der Waals surface area (Å²) in [6.45, 7) is 7.88. The van der Waals surface area contributed by atoms with Crippen LogP contribution in [0.1, 0.15) is 46.5 Å². The number of anilines is 1. The molecule has 0 radical (unpaired) electrons. The number of likely N-dealkylation sites (tertiary alicyclic amines) is 1. The van der Waals surface area contributed by atoms with Crippen molar-refractivity contribution in [2.75, 3.05) is 18.8 Å². The average Bonchev–Trinajstić information content (AvgIpc) is 3.53. The summed E-state index contributed by atoms with van der Waals surface area (Å²) in [5, 5.41) is 10.2. The first kappa shape index (κ1) is 27.1. The number of carbonyl (C=O) groups excluding carboxylic acids is 1. The fourth-order valence-corrected chi connectivity index (χ4v) is 5.56. The van der Waals surface area contributed by atoms with Gasteiger partial charge in [0, 0.05) is 43.8 Å². The maximum Gasteiger partial charge on any atom is 0.410 e. The second-order valence-electron chi connectivity index (χ2n) is 12.1. The highest BCUT2D eigenvalue weighted by Gasteiger charge is 2.34. The summed E-state index contributed by atoms with van der Waals surface area (Å²) in [5.41, 5.74) is 8.55. The largest absolute Gasteiger partial charge is 0.507 e. The van der Waals surface area contributed by atoms with Gasteiger partial charge in [0.2, 0.25) is 5.78 Å². The van der Waals surface area contributed by atoms with E-state index in [1.807, 2.05) is 57.8 Å². The van der Waals surface area contributed by atoms with Crippen LogP contribution in [0.25, 0.3) is 28.3 Å². The van der Waals surface area contributed by atoms with Crippen LogP contribution in [0.4, 0.5) is 10.6 Å². The fourth-order valence-electron chi connectivity index (χ4n) is 5.56. The Morgan fingerprint density at radius 1 is 1.02 bits per heavy atom. The van der Waals surface area contributed by atoms with Gasteiger partial charge in [-0.2, -0.15) is 4.98 Å². The monoisotopic (exact) mass is 559 g/mol. The summed E-state index contributed by atoms with van der Waals surface area (Å²) in [7, 11) is 0. The summed E-state index contributed by atoms with van der Waals surface area (Å²) in [5.74, 6) is 1.50. The van der Waals surface area contributed by atoms with Crippen LogP contribution in [0.2, 0.25) is 0 Å². The van der Waals surface area contributed by atoms with Gasteiger partial charge in [-0.3, -0.25) is 4.40 Å². The Kier molecular flexibility index (Phi) is 7.06. The number of imidazole rings is 2. The molecule has 1 aliphatic heterocycles. The minimum absolute atomic E-state index is 0.162. The smallest absolute Gasteiger partial charge is 0.410 e. The molecular weight excluding hydrogens is 522 g/mol. The minimum Gasteiger partial charge on any atom is -0.507 e. The number of hydrogen-bond donors (Lipinski definition) is 2. The van der Waals surface area contributed by atoms with Crippen molar-refractivity contribution >= 4 is 17.7 Å². The third-order valence-electron chi connectivity index (χ3n) is 7.71. The van der Waals surface area contributed by atoms with E-state index in [4.69, 9.17) is 15.2 Å². The molecule has 0 atom stereocenters. The van der Waals surface area contributed by atoms with E-state index in [9.17, 15) is 9.90 Å². The molecule has 4 heterocycles. The van der Waals surface area contributed by atoms with Crippen molar-refractivity contribution in [3.05, 3.63) is 49.2 Å². The molecule has 1 amide bonds. The quantitative estimate of drug-likeness (QED) is 0.346. The number of phenols is 1. The zero-order chi connectivity index (χ0) is 28.7. The molecule has 0 spiro atoms. The summed E-state index contributed by atoms with van der Waals surface area (Å²) in [6.07, 6.45) is 11.5. The molecule has 3 N–H and O–H groups in total. The highest BCUT2D eigenvalue weighted by atomic mass is 16.6. The molecule has 2 fully saturated rings. The average molecular weight is 560 g/mol. The molecule has 1 saturated heterocycles. The van der Waals surface area contributed by atoms with Gasteiger partial charge in [0.25, 0.3) is 0 Å². The predicted octanol–water partition coefficient (Wildman–Crippen LogP) is 4.74. The van der Waals surface area contributed by atoms with Crippen LogP contribution in [0.3, 0.4) is 0 Å². The highest BCUT2D eigenvalue weighted by Crippen LogP contribution is 2.35. The maximum atomic E-state index is 12.3. The molecular formula is C30H37N7O4. The third-order valence-corrected chi connectivity index (χ3v) is 7.71. The van der Waals surface area contributed by atoms with Crippen molar-refractivity contribution in [2.45, 2.75) is 70.8 Å². The van der Waals surface area contributed by atoms with Gasteiger partial charge in [-0.1, -0.05) is 12.1 Å². The van der Waals surface area contributed by atoms with E-state index in [-0.39, 0.29) is 24.1 Å². The van der Waals surface area contributed by atoms with Crippen molar-refractivity contribution in [2.24, 2.45) is 5.92 Å². The Morgan fingerprint density at radius 3 is 2.51 bits per heavy atom. The van der Waals surface area contributed by atoms with Gasteiger partial charge in [0.15, 0.2) is 0 Å². The number of aromatic hydroxyl groups is 1. The lowest BCUT2D eigenvalue weighted by molar-refractivity contribution is -0.0958. The van der Waals surface area contributed by atoms with Crippen LogP contribution in [0.5, 0.6) is 5.75 Å². The highest BCUT2D eigenvalue weighted by molar-refractivity contribution is 5.73. The lowest BCUT2D eigenvalue weighted by Crippen LogP contribution is -2.45. The molecule has 1 saturated carbocycles. The van der Waals surface area contributed by atoms with Crippen molar-refractivity contribution in [3.8, 4) is 28.3 Å². The van der Waals surface area contributed by atoms with Crippen molar-refractivity contribution in [3.63, 3.8) is 0 Å². The molecule has 4 aromatic rings. The van der Waals surface area contributed by atoms with E-state index >= 15 is 0 Å². The normalized spacial score (nSPS) is 19.8. The number of nitrogen functional groups attached to an aromatic ring is 1. The minimum atomic E-state index is -0.475. The van der Waals surface area contributed by atoms with Crippen LogP contribution in [-0.4, -0.2) is 70.9 Å². The second-order valence-corrected chi connectivity index (χ2v) is 12.1. The number of piperidine rings is 1. The van der Waals surface area contributed by atoms with Gasteiger partial charge < -0.3 is 29.8 Å². The summed E-state index contributed by atoms with van der Waals surface area (Å²) in [4.78, 5) is 27.7. The molecule has 0 unspecified atom stereocenters. The van der Waals surface area contributed by atoms with Crippen LogP contribution < -0.4 is 5.73 Å². The third kappa shape index (κ3) is 6.00. The number of phenolic OH excluding ortho intramolecular Hbond substituents is 1. The van der Waals surface area contributed by atoms with Crippen LogP contribution >= 0.6 is 0 Å². The van der Waals surface area contributed by atoms with Crippen molar-refractivity contribution in [1.82, 2.24) is 28.8 Å². The lowest BCUT2D eigenvalue weighted by atomic mass is 9.82. The number of aromatic nitrogens is 5. The lowest BCUT2D eigenvalue weighted by Gasteiger charge is -2.40. The van der Waals surface area contributed by atoms with Gasteiger partial charge in [0.1, 0.15) is 17.2 Å². The molecule has 11 nitrogen and oxygen atoms in total. The summed E-state index contributed by atoms with van der Waals surface area (Å²) >= 11 is 0. The SMILES string of the molecule is CC(C)(C)OC(=O)N1CCC(O[C@H]2C[C@H](Cn3cnc(-c4cn5cc(-c6ccccc6O)nc5nc4N)c3)C2)CC1. The Labute approximate surface area is 238 Å². The number of para-hydroxylation sites is 1. The van der Waals surface area contributed by atoms with Crippen molar-refractivity contribution < 1.29 is 19.4 Å². The van der Waals surface area contributed by atoms with Gasteiger partial charge in [0.05, 0.1) is 35.5 Å². The number of benzene rings is 1. The van der Waals surface area contributed by atoms with E-state index in [1.165, 1.54) is 0 Å². The molecule has 0 bridgehead atoms. The number of carbonyl (C=O) groups is 1. The van der Waals surface area contributed by atoms with Gasteiger partial charge in [-0.25, -0.2) is 14.8 Å². The number of amides is 1. The van der Waals surface area contributed by atoms with Gasteiger partial charge >= 0.3 is 6.09 Å². The molecule has 6 rings (SSSR count). The predicted molar refractivity (Wildman–Crippen MR) is 154 cm³/mol. The van der Waals surface area contributed by atoms with E-state index in [2.05, 4.69) is 19.5 Å². The zero-order valence-corrected chi connectivity index (χ0v) is 23.7. The first-order valence-electron chi connectivity index (χ1n) is 14.2. The number of nitrogens with zero attached hydrogens (tertiary/aromatic N) is 6. The van der Waals surface area contributed by atoms with Crippen LogP contribution in [-0.2, 0) is 16.0 Å². The Hall–Kier alpha value is -4.12. The maximum absolute atomic E-state index is 12.3. The molecule has 41 heavy (non-hydrogen) atoms. The van der Waals surface area contributed by atoms with Crippen LogP contribution in [0, 0.1) is 5.92 Å². The summed E-state index contributed by atoms with van der Waals surface area (Å²) in [6, 6.07) is 7.07. The number of rotatable bonds is 6. The first-order chi connectivity index (χ1) is 19.6. The Bertz CT molecular complexity index is 1540. The molecule has 1 aliphatic carbocycles. The topological polar surface area (TPSA) is 133 Å². The number of nitrogens with two attached hydrogens (primary N) is 1. The number of ether oxygens (including phenoxy) is 2. The molecule has 2 aliphatic rings. The van der Waals surface area contributed by atoms with E-state index in [1.54, 1.807) is 21.4 Å². The Morgan fingerprint density at radius 2 is 1.78 bits per heavy atom. The van der Waals surface area contributed by atoms with Crippen molar-refractivity contribution in [1.29, 1.82) is 0 Å². The molecule has 11 heteroatoms. The van der Waals surface area contributed by atoms with Gasteiger partial charge in [-0.05, 0) is 64.5 Å². The standard InChI is InChI=1S/C30H37N7O4/c1-30(2,3)41-29(39)36-10-8-20(9-11-36)40-21-12-19(13-21)14-35-16-24(32-18-35)23-15-37-17-25(33-28(37)34-27(23)31)22-6-4-5-7-26(22)38/h4-7,15-21,38H,8-14H2,1-3H3,(H2,31,33,34)/t19-,21-. The zero-order valence-electron chi connectivity index (χ0n) is 23.7.